The number of aryl methyl sites for hydroxylation is 2. The van der Waals surface area contributed by atoms with Crippen LogP contribution >= 0.6 is 11.8 Å². The van der Waals surface area contributed by atoms with Gasteiger partial charge in [0.2, 0.25) is 11.1 Å². The third-order valence-corrected chi connectivity index (χ3v) is 8.02. The summed E-state index contributed by atoms with van der Waals surface area (Å²) in [5, 5.41) is 11.9. The lowest BCUT2D eigenvalue weighted by atomic mass is 9.94. The maximum atomic E-state index is 14.0. The average molecular weight is 584 g/mol. The topological polar surface area (TPSA) is 90.3 Å². The highest BCUT2D eigenvalue weighted by atomic mass is 32.2. The summed E-state index contributed by atoms with van der Waals surface area (Å²) in [6, 6.07) is 19.5. The first-order valence-corrected chi connectivity index (χ1v) is 15.2. The van der Waals surface area contributed by atoms with Crippen LogP contribution in [0, 0.1) is 20.8 Å². The Balaban J connectivity index is 1.53. The van der Waals surface area contributed by atoms with Gasteiger partial charge < -0.3 is 20.1 Å². The molecule has 0 radical (unpaired) electrons. The summed E-state index contributed by atoms with van der Waals surface area (Å²) in [5.41, 5.74) is 7.30. The Morgan fingerprint density at radius 2 is 1.79 bits per heavy atom. The number of benzene rings is 3. The fourth-order valence-corrected chi connectivity index (χ4v) is 5.48. The molecule has 3 aromatic carbocycles. The molecule has 1 atom stereocenters. The quantitative estimate of drug-likeness (QED) is 0.191. The number of allylic oxidation sites excluding steroid dienone is 1. The van der Waals surface area contributed by atoms with Gasteiger partial charge in [0.05, 0.1) is 12.2 Å². The molecule has 1 aliphatic heterocycles. The highest BCUT2D eigenvalue weighted by molar-refractivity contribution is 7.99. The van der Waals surface area contributed by atoms with Crippen LogP contribution in [0.2, 0.25) is 0 Å². The average Bonchev–Trinajstić information content (AvgIpc) is 3.37. The van der Waals surface area contributed by atoms with Gasteiger partial charge in [0, 0.05) is 11.4 Å². The molecule has 4 aromatic rings. The van der Waals surface area contributed by atoms with Gasteiger partial charge in [-0.2, -0.15) is 4.98 Å². The number of anilines is 2. The summed E-state index contributed by atoms with van der Waals surface area (Å²) in [6.45, 7) is 12.9. The summed E-state index contributed by atoms with van der Waals surface area (Å²) in [7, 11) is 0. The Morgan fingerprint density at radius 3 is 2.52 bits per heavy atom. The fraction of sp³-hybridized carbons (Fsp3) is 0.303. The summed E-state index contributed by atoms with van der Waals surface area (Å²) >= 11 is 1.56. The Labute approximate surface area is 251 Å². The van der Waals surface area contributed by atoms with E-state index < -0.39 is 6.04 Å². The number of aromatic nitrogens is 3. The summed E-state index contributed by atoms with van der Waals surface area (Å²) < 4.78 is 14.0. The number of hydrogen-bond acceptors (Lipinski definition) is 7. The molecule has 9 heteroatoms. The van der Waals surface area contributed by atoms with Crippen molar-refractivity contribution in [3.05, 3.63) is 99.8 Å². The summed E-state index contributed by atoms with van der Waals surface area (Å²) in [5.74, 6) is 2.47. The molecule has 0 saturated carbocycles. The van der Waals surface area contributed by atoms with E-state index in [0.717, 1.165) is 33.7 Å². The number of rotatable bonds is 10. The van der Waals surface area contributed by atoms with E-state index >= 15 is 0 Å². The molecule has 0 spiro atoms. The van der Waals surface area contributed by atoms with Gasteiger partial charge in [-0.25, -0.2) is 4.68 Å². The molecule has 2 heterocycles. The number of thioether (sulfide) groups is 1. The van der Waals surface area contributed by atoms with Gasteiger partial charge in [-0.15, -0.1) is 5.10 Å². The predicted octanol–water partition coefficient (Wildman–Crippen LogP) is 7.22. The molecule has 2 N–H and O–H groups in total. The molecule has 218 valence electrons. The van der Waals surface area contributed by atoms with Crippen LogP contribution in [0.1, 0.15) is 54.6 Å². The van der Waals surface area contributed by atoms with Crippen LogP contribution in [-0.2, 0) is 11.4 Å². The van der Waals surface area contributed by atoms with Gasteiger partial charge in [0.1, 0.15) is 12.6 Å². The van der Waals surface area contributed by atoms with E-state index in [-0.39, 0.29) is 5.91 Å². The van der Waals surface area contributed by atoms with Gasteiger partial charge >= 0.3 is 0 Å². The highest BCUT2D eigenvalue weighted by Gasteiger charge is 2.35. The van der Waals surface area contributed by atoms with Crippen LogP contribution in [0.3, 0.4) is 0 Å². The molecular formula is C33H37N5O3S. The van der Waals surface area contributed by atoms with Gasteiger partial charge in [0.25, 0.3) is 5.91 Å². The molecule has 0 aliphatic carbocycles. The molecular weight excluding hydrogens is 546 g/mol. The smallest absolute Gasteiger partial charge is 0.255 e. The molecule has 8 nitrogen and oxygen atoms in total. The molecule has 1 aromatic heterocycles. The summed E-state index contributed by atoms with van der Waals surface area (Å²) in [6.07, 6.45) is 0. The first-order valence-electron chi connectivity index (χ1n) is 14.2. The van der Waals surface area contributed by atoms with E-state index in [1.807, 2.05) is 64.1 Å². The minimum absolute atomic E-state index is 0.206. The van der Waals surface area contributed by atoms with Gasteiger partial charge in [-0.3, -0.25) is 4.79 Å². The largest absolute Gasteiger partial charge is 0.490 e. The molecule has 0 fully saturated rings. The van der Waals surface area contributed by atoms with Crippen LogP contribution in [0.15, 0.2) is 77.1 Å². The van der Waals surface area contributed by atoms with Crippen LogP contribution in [-0.4, -0.2) is 33.0 Å². The van der Waals surface area contributed by atoms with E-state index in [0.29, 0.717) is 47.1 Å². The lowest BCUT2D eigenvalue weighted by Gasteiger charge is -2.29. The predicted molar refractivity (Wildman–Crippen MR) is 169 cm³/mol. The minimum atomic E-state index is -0.532. The van der Waals surface area contributed by atoms with E-state index in [4.69, 9.17) is 19.6 Å². The fourth-order valence-electron chi connectivity index (χ4n) is 4.93. The number of carbonyl (C=O) groups excluding carboxylic acids is 1. The van der Waals surface area contributed by atoms with E-state index in [2.05, 4.69) is 48.7 Å². The van der Waals surface area contributed by atoms with E-state index in [1.165, 1.54) is 5.56 Å². The zero-order valence-electron chi connectivity index (χ0n) is 24.9. The van der Waals surface area contributed by atoms with Crippen LogP contribution in [0.25, 0.3) is 0 Å². The number of amides is 1. The third kappa shape index (κ3) is 6.16. The van der Waals surface area contributed by atoms with Gasteiger partial charge in [0.15, 0.2) is 11.5 Å². The van der Waals surface area contributed by atoms with Crippen molar-refractivity contribution in [2.24, 2.45) is 0 Å². The normalized spacial score (nSPS) is 14.3. The maximum absolute atomic E-state index is 14.0. The second-order valence-corrected chi connectivity index (χ2v) is 11.5. The van der Waals surface area contributed by atoms with Crippen molar-refractivity contribution >= 4 is 29.3 Å². The van der Waals surface area contributed by atoms with Crippen LogP contribution in [0.5, 0.6) is 11.5 Å². The second kappa shape index (κ2) is 12.7. The number of nitrogens with zero attached hydrogens (tertiary/aromatic N) is 3. The third-order valence-electron chi connectivity index (χ3n) is 7.30. The SMILES string of the molecule is CCOc1cc(C2C(C(=O)Nc3cccc(C)c3C)=C(C)Nc3nc(SCC)nn32)ccc1OCc1ccc(C)cc1. The minimum Gasteiger partial charge on any atom is -0.490 e. The maximum Gasteiger partial charge on any atom is 0.255 e. The number of nitrogens with one attached hydrogen (secondary N) is 2. The molecule has 1 amide bonds. The standard InChI is InChI=1S/C33H37N5O3S/c1-7-40-28-18-25(16-17-27(28)41-19-24-14-12-20(3)13-15-24)30-29(31(39)35-26-11-9-10-21(4)22(26)5)23(6)34-32-36-33(42-8-2)37-38(30)32/h9-18,30H,7-8,19H2,1-6H3,(H,35,39)(H,34,36,37). The number of carbonyl (C=O) groups is 1. The Bertz CT molecular complexity index is 1630. The number of ether oxygens (including phenoxy) is 2. The molecule has 0 saturated heterocycles. The Morgan fingerprint density at radius 1 is 1.00 bits per heavy atom. The van der Waals surface area contributed by atoms with Crippen LogP contribution in [0.4, 0.5) is 11.6 Å². The molecule has 1 unspecified atom stereocenters. The zero-order chi connectivity index (χ0) is 29.8. The van der Waals surface area contributed by atoms with Crippen molar-refractivity contribution in [1.29, 1.82) is 0 Å². The van der Waals surface area contributed by atoms with Crippen molar-refractivity contribution in [2.45, 2.75) is 59.3 Å². The van der Waals surface area contributed by atoms with Crippen molar-refractivity contribution < 1.29 is 14.3 Å². The van der Waals surface area contributed by atoms with Crippen molar-refractivity contribution in [3.63, 3.8) is 0 Å². The first-order chi connectivity index (χ1) is 20.3. The highest BCUT2D eigenvalue weighted by Crippen LogP contribution is 2.40. The van der Waals surface area contributed by atoms with Crippen molar-refractivity contribution in [1.82, 2.24) is 14.8 Å². The molecule has 0 bridgehead atoms. The molecule has 5 rings (SSSR count). The van der Waals surface area contributed by atoms with E-state index in [9.17, 15) is 4.79 Å². The van der Waals surface area contributed by atoms with Gasteiger partial charge in [-0.05, 0) is 80.8 Å². The lowest BCUT2D eigenvalue weighted by molar-refractivity contribution is -0.113. The zero-order valence-corrected chi connectivity index (χ0v) is 25.8. The lowest BCUT2D eigenvalue weighted by Crippen LogP contribution is -2.31. The van der Waals surface area contributed by atoms with Gasteiger partial charge in [-0.1, -0.05) is 66.7 Å². The van der Waals surface area contributed by atoms with E-state index in [1.54, 1.807) is 16.4 Å². The van der Waals surface area contributed by atoms with Crippen LogP contribution < -0.4 is 20.1 Å². The Hall–Kier alpha value is -4.24. The van der Waals surface area contributed by atoms with Crippen molar-refractivity contribution in [3.8, 4) is 11.5 Å². The monoisotopic (exact) mass is 583 g/mol. The number of hydrogen-bond donors (Lipinski definition) is 2. The second-order valence-electron chi connectivity index (χ2n) is 10.3. The number of fused-ring (bicyclic) bond motifs is 1. The molecule has 42 heavy (non-hydrogen) atoms. The summed E-state index contributed by atoms with van der Waals surface area (Å²) in [4.78, 5) is 18.7. The first kappa shape index (κ1) is 29.3. The van der Waals surface area contributed by atoms with Crippen molar-refractivity contribution in [2.75, 3.05) is 23.0 Å². The Kier molecular flexibility index (Phi) is 8.87. The molecule has 1 aliphatic rings.